The van der Waals surface area contributed by atoms with Crippen LogP contribution >= 0.6 is 11.3 Å². The number of hydrogen-bond acceptors (Lipinski definition) is 5. The van der Waals surface area contributed by atoms with E-state index in [1.165, 1.54) is 17.4 Å². The average molecular weight is 316 g/mol. The second-order valence-corrected chi connectivity index (χ2v) is 4.84. The van der Waals surface area contributed by atoms with Crippen LogP contribution in [0.15, 0.2) is 29.8 Å². The lowest BCUT2D eigenvalue weighted by molar-refractivity contribution is -0.137. The third-order valence-corrected chi connectivity index (χ3v) is 3.20. The fraction of sp³-hybridized carbons (Fsp3) is 0.231. The molecular weight excluding hydrogens is 305 g/mol. The van der Waals surface area contributed by atoms with Crippen molar-refractivity contribution < 1.29 is 22.7 Å². The summed E-state index contributed by atoms with van der Waals surface area (Å²) >= 11 is 1.26. The number of ether oxygens (including phenoxy) is 1. The molecule has 2 rings (SSSR count). The van der Waals surface area contributed by atoms with E-state index >= 15 is 0 Å². The number of nitrogens with one attached hydrogen (secondary N) is 1. The van der Waals surface area contributed by atoms with E-state index in [0.717, 1.165) is 12.1 Å². The average Bonchev–Trinajstić information content (AvgIpc) is 2.91. The van der Waals surface area contributed by atoms with Crippen LogP contribution in [0.25, 0.3) is 0 Å². The first kappa shape index (κ1) is 15.3. The molecule has 4 nitrogen and oxygen atoms in total. The van der Waals surface area contributed by atoms with E-state index in [-0.39, 0.29) is 17.9 Å². The van der Waals surface area contributed by atoms with Crippen molar-refractivity contribution in [3.05, 3.63) is 40.9 Å². The van der Waals surface area contributed by atoms with Crippen molar-refractivity contribution in [3.8, 4) is 0 Å². The predicted molar refractivity (Wildman–Crippen MR) is 72.8 cm³/mol. The Morgan fingerprint density at radius 1 is 1.43 bits per heavy atom. The van der Waals surface area contributed by atoms with Gasteiger partial charge in [-0.1, -0.05) is 0 Å². The number of carbonyl (C=O) groups is 1. The van der Waals surface area contributed by atoms with Crippen molar-refractivity contribution in [2.75, 3.05) is 11.9 Å². The van der Waals surface area contributed by atoms with Crippen molar-refractivity contribution >= 4 is 28.1 Å². The smallest absolute Gasteiger partial charge is 0.416 e. The molecule has 1 aromatic heterocycles. The number of anilines is 2. The van der Waals surface area contributed by atoms with Gasteiger partial charge < -0.3 is 10.1 Å². The molecule has 0 unspecified atom stereocenters. The second kappa shape index (κ2) is 6.13. The Morgan fingerprint density at radius 3 is 2.76 bits per heavy atom. The van der Waals surface area contributed by atoms with Gasteiger partial charge in [0.15, 0.2) is 5.13 Å². The number of aromatic nitrogens is 1. The summed E-state index contributed by atoms with van der Waals surface area (Å²) in [6, 6.07) is 2.86. The summed E-state index contributed by atoms with van der Waals surface area (Å²) in [4.78, 5) is 15.8. The Bertz CT molecular complexity index is 627. The zero-order valence-corrected chi connectivity index (χ0v) is 11.7. The number of thiazole rings is 1. The topological polar surface area (TPSA) is 51.2 Å². The monoisotopic (exact) mass is 316 g/mol. The molecular formula is C13H11F3N2O2S. The number of halogens is 3. The van der Waals surface area contributed by atoms with E-state index in [0.29, 0.717) is 5.13 Å². The van der Waals surface area contributed by atoms with Crippen LogP contribution < -0.4 is 5.32 Å². The van der Waals surface area contributed by atoms with E-state index < -0.39 is 17.7 Å². The van der Waals surface area contributed by atoms with Gasteiger partial charge in [0.2, 0.25) is 0 Å². The molecule has 0 spiro atoms. The van der Waals surface area contributed by atoms with Crippen molar-refractivity contribution in [2.24, 2.45) is 0 Å². The molecule has 0 fully saturated rings. The first-order valence-corrected chi connectivity index (χ1v) is 6.84. The molecule has 8 heteroatoms. The molecule has 112 valence electrons. The SMILES string of the molecule is CCOC(=O)c1cc(C(F)(F)F)ccc1Nc1nccs1. The lowest BCUT2D eigenvalue weighted by Crippen LogP contribution is -2.12. The molecule has 2 aromatic rings. The van der Waals surface area contributed by atoms with Crippen LogP contribution in [0.5, 0.6) is 0 Å². The van der Waals surface area contributed by atoms with Crippen LogP contribution in [0.4, 0.5) is 24.0 Å². The lowest BCUT2D eigenvalue weighted by atomic mass is 10.1. The van der Waals surface area contributed by atoms with Gasteiger partial charge in [0, 0.05) is 11.6 Å². The quantitative estimate of drug-likeness (QED) is 0.864. The molecule has 21 heavy (non-hydrogen) atoms. The molecule has 0 aliphatic rings. The first-order valence-electron chi connectivity index (χ1n) is 5.96. The molecule has 1 N–H and O–H groups in total. The molecule has 0 saturated heterocycles. The van der Waals surface area contributed by atoms with Gasteiger partial charge in [-0.05, 0) is 25.1 Å². The fourth-order valence-electron chi connectivity index (χ4n) is 1.61. The molecule has 0 bridgehead atoms. The summed E-state index contributed by atoms with van der Waals surface area (Å²) < 4.78 is 43.0. The molecule has 0 aliphatic carbocycles. The standard InChI is InChI=1S/C13H11F3N2O2S/c1-2-20-11(19)9-7-8(13(14,15)16)3-4-10(9)18-12-17-5-6-21-12/h3-7H,2H2,1H3,(H,17,18). The summed E-state index contributed by atoms with van der Waals surface area (Å²) in [5.41, 5.74) is -0.867. The minimum absolute atomic E-state index is 0.0752. The Labute approximate surface area is 122 Å². The Morgan fingerprint density at radius 2 is 2.19 bits per heavy atom. The maximum atomic E-state index is 12.7. The highest BCUT2D eigenvalue weighted by Crippen LogP contribution is 2.33. The first-order chi connectivity index (χ1) is 9.91. The summed E-state index contributed by atoms with van der Waals surface area (Å²) in [7, 11) is 0. The summed E-state index contributed by atoms with van der Waals surface area (Å²) in [5, 5.41) is 4.99. The molecule has 0 saturated carbocycles. The van der Waals surface area contributed by atoms with Crippen molar-refractivity contribution in [1.82, 2.24) is 4.98 Å². The highest BCUT2D eigenvalue weighted by molar-refractivity contribution is 7.13. The minimum Gasteiger partial charge on any atom is -0.462 e. The number of nitrogens with zero attached hydrogens (tertiary/aromatic N) is 1. The van der Waals surface area contributed by atoms with E-state index in [2.05, 4.69) is 10.3 Å². The predicted octanol–water partition coefficient (Wildman–Crippen LogP) is 4.08. The normalized spacial score (nSPS) is 11.2. The fourth-order valence-corrected chi connectivity index (χ4v) is 2.15. The van der Waals surface area contributed by atoms with Crippen molar-refractivity contribution in [1.29, 1.82) is 0 Å². The molecule has 0 amide bonds. The number of benzene rings is 1. The summed E-state index contributed by atoms with van der Waals surface area (Å²) in [6.45, 7) is 1.66. The molecule has 0 atom stereocenters. The zero-order chi connectivity index (χ0) is 15.5. The van der Waals surface area contributed by atoms with Crippen LogP contribution in [-0.2, 0) is 10.9 Å². The summed E-state index contributed by atoms with van der Waals surface area (Å²) in [6.07, 6.45) is -2.98. The molecule has 0 radical (unpaired) electrons. The largest absolute Gasteiger partial charge is 0.462 e. The number of carbonyl (C=O) groups excluding carboxylic acids is 1. The number of hydrogen-bond donors (Lipinski definition) is 1. The minimum atomic E-state index is -4.53. The van der Waals surface area contributed by atoms with Crippen molar-refractivity contribution in [3.63, 3.8) is 0 Å². The highest BCUT2D eigenvalue weighted by atomic mass is 32.1. The van der Waals surface area contributed by atoms with Crippen LogP contribution in [0.3, 0.4) is 0 Å². The Kier molecular flexibility index (Phi) is 4.46. The van der Waals surface area contributed by atoms with E-state index in [4.69, 9.17) is 4.74 Å². The number of alkyl halides is 3. The van der Waals surface area contributed by atoms with E-state index in [1.54, 1.807) is 18.5 Å². The molecule has 1 heterocycles. The number of rotatable bonds is 4. The zero-order valence-electron chi connectivity index (χ0n) is 10.9. The maximum absolute atomic E-state index is 12.7. The van der Waals surface area contributed by atoms with Gasteiger partial charge in [-0.25, -0.2) is 9.78 Å². The maximum Gasteiger partial charge on any atom is 0.416 e. The van der Waals surface area contributed by atoms with E-state index in [1.807, 2.05) is 0 Å². The van der Waals surface area contributed by atoms with Crippen LogP contribution in [0, 0.1) is 0 Å². The van der Waals surface area contributed by atoms with Crippen LogP contribution in [-0.4, -0.2) is 17.6 Å². The second-order valence-electron chi connectivity index (χ2n) is 3.94. The number of esters is 1. The third kappa shape index (κ3) is 3.72. The van der Waals surface area contributed by atoms with Gasteiger partial charge in [0.1, 0.15) is 0 Å². The van der Waals surface area contributed by atoms with Gasteiger partial charge in [-0.2, -0.15) is 13.2 Å². The Hall–Kier alpha value is -2.09. The molecule has 1 aromatic carbocycles. The van der Waals surface area contributed by atoms with Crippen LogP contribution in [0.2, 0.25) is 0 Å². The highest BCUT2D eigenvalue weighted by Gasteiger charge is 2.32. The Balaban J connectivity index is 2.41. The summed E-state index contributed by atoms with van der Waals surface area (Å²) in [5.74, 6) is -0.817. The van der Waals surface area contributed by atoms with Gasteiger partial charge in [0.25, 0.3) is 0 Å². The lowest BCUT2D eigenvalue weighted by Gasteiger charge is -2.13. The third-order valence-electron chi connectivity index (χ3n) is 2.52. The van der Waals surface area contributed by atoms with Crippen molar-refractivity contribution in [2.45, 2.75) is 13.1 Å². The van der Waals surface area contributed by atoms with Gasteiger partial charge in [0.05, 0.1) is 23.4 Å². The van der Waals surface area contributed by atoms with E-state index in [9.17, 15) is 18.0 Å². The van der Waals surface area contributed by atoms with Gasteiger partial charge in [-0.3, -0.25) is 0 Å². The molecule has 0 aliphatic heterocycles. The van der Waals surface area contributed by atoms with Crippen LogP contribution in [0.1, 0.15) is 22.8 Å². The van der Waals surface area contributed by atoms with Gasteiger partial charge >= 0.3 is 12.1 Å². The van der Waals surface area contributed by atoms with Gasteiger partial charge in [-0.15, -0.1) is 11.3 Å².